The van der Waals surface area contributed by atoms with Crippen molar-refractivity contribution in [2.24, 2.45) is 0 Å². The lowest BCUT2D eigenvalue weighted by molar-refractivity contribution is 0.102. The first-order chi connectivity index (χ1) is 12.8. The molecular formula is C18H14BrN3O4S. The number of nitrogens with one attached hydrogen (secondary N) is 1. The molecule has 0 saturated carbocycles. The Balaban J connectivity index is 1.87. The van der Waals surface area contributed by atoms with Crippen LogP contribution >= 0.6 is 15.9 Å². The fraction of sp³-hybridized carbons (Fsp3) is 0.0556. The van der Waals surface area contributed by atoms with E-state index in [1.165, 1.54) is 29.2 Å². The van der Waals surface area contributed by atoms with Gasteiger partial charge in [0.2, 0.25) is 0 Å². The molecule has 9 heteroatoms. The van der Waals surface area contributed by atoms with Gasteiger partial charge in [-0.2, -0.15) is 5.10 Å². The third-order valence-electron chi connectivity index (χ3n) is 3.71. The normalized spacial score (nSPS) is 11.2. The molecule has 0 aliphatic rings. The van der Waals surface area contributed by atoms with Crippen LogP contribution in [0.1, 0.15) is 20.7 Å². The molecule has 1 amide bonds. The van der Waals surface area contributed by atoms with Gasteiger partial charge in [-0.25, -0.2) is 13.1 Å². The lowest BCUT2D eigenvalue weighted by Crippen LogP contribution is -2.12. The highest BCUT2D eigenvalue weighted by Crippen LogP contribution is 2.23. The van der Waals surface area contributed by atoms with Crippen LogP contribution in [0.4, 0.5) is 5.69 Å². The van der Waals surface area contributed by atoms with E-state index in [2.05, 4.69) is 26.3 Å². The smallest absolute Gasteiger partial charge is 0.258 e. The topological polar surface area (TPSA) is 98.1 Å². The van der Waals surface area contributed by atoms with Crippen LogP contribution in [-0.4, -0.2) is 36.6 Å². The van der Waals surface area contributed by atoms with E-state index in [1.807, 2.05) is 0 Å². The van der Waals surface area contributed by atoms with E-state index in [1.54, 1.807) is 30.3 Å². The van der Waals surface area contributed by atoms with Gasteiger partial charge >= 0.3 is 0 Å². The highest BCUT2D eigenvalue weighted by molar-refractivity contribution is 9.10. The quantitative estimate of drug-likeness (QED) is 0.605. The maximum Gasteiger partial charge on any atom is 0.258 e. The second kappa shape index (κ2) is 7.45. The summed E-state index contributed by atoms with van der Waals surface area (Å²) in [6.45, 7) is 0. The van der Waals surface area contributed by atoms with Crippen LogP contribution < -0.4 is 5.32 Å². The van der Waals surface area contributed by atoms with Crippen LogP contribution in [-0.2, 0) is 9.84 Å². The average molecular weight is 448 g/mol. The minimum atomic E-state index is -3.42. The van der Waals surface area contributed by atoms with Gasteiger partial charge in [0.15, 0.2) is 16.1 Å². The molecule has 3 rings (SSSR count). The van der Waals surface area contributed by atoms with Crippen LogP contribution in [0.2, 0.25) is 0 Å². The van der Waals surface area contributed by atoms with Crippen molar-refractivity contribution >= 4 is 43.6 Å². The Kier molecular flexibility index (Phi) is 5.24. The first-order valence-corrected chi connectivity index (χ1v) is 10.4. The largest absolute Gasteiger partial charge is 0.322 e. The second-order valence-electron chi connectivity index (χ2n) is 5.75. The Labute approximate surface area is 164 Å². The molecule has 7 nitrogen and oxygen atoms in total. The highest BCUT2D eigenvalue weighted by Gasteiger charge is 2.14. The van der Waals surface area contributed by atoms with E-state index in [9.17, 15) is 18.0 Å². The second-order valence-corrected chi connectivity index (χ2v) is 8.68. The summed E-state index contributed by atoms with van der Waals surface area (Å²) in [7, 11) is -3.42. The van der Waals surface area contributed by atoms with Gasteiger partial charge in [0.1, 0.15) is 0 Å². The standard InChI is InChI=1S/C18H14BrN3O4S/c1-27(25,26)16-7-14(19)6-15(8-16)21-18(24)13-9-20-22(10-13)17-5-3-2-4-12(17)11-23/h2-11H,1H3,(H,21,24). The van der Waals surface area contributed by atoms with Gasteiger partial charge in [0.25, 0.3) is 5.91 Å². The summed E-state index contributed by atoms with van der Waals surface area (Å²) in [5, 5.41) is 6.77. The molecule has 0 atom stereocenters. The lowest BCUT2D eigenvalue weighted by atomic mass is 10.2. The maximum absolute atomic E-state index is 12.5. The summed E-state index contributed by atoms with van der Waals surface area (Å²) in [6.07, 6.45) is 4.67. The number of aldehydes is 1. The number of sulfone groups is 1. The Bertz CT molecular complexity index is 1140. The van der Waals surface area contributed by atoms with E-state index in [0.717, 1.165) is 6.26 Å². The summed E-state index contributed by atoms with van der Waals surface area (Å²) in [6, 6.07) is 11.3. The van der Waals surface area contributed by atoms with Crippen LogP contribution in [0.15, 0.2) is 64.2 Å². The molecule has 1 N–H and O–H groups in total. The van der Waals surface area contributed by atoms with Crippen LogP contribution in [0.5, 0.6) is 0 Å². The van der Waals surface area contributed by atoms with Crippen molar-refractivity contribution in [3.63, 3.8) is 0 Å². The number of nitrogens with zero attached hydrogens (tertiary/aromatic N) is 2. The number of amides is 1. The lowest BCUT2D eigenvalue weighted by Gasteiger charge is -2.07. The van der Waals surface area contributed by atoms with E-state index >= 15 is 0 Å². The van der Waals surface area contributed by atoms with E-state index in [-0.39, 0.29) is 10.5 Å². The number of carbonyl (C=O) groups excluding carboxylic acids is 2. The first-order valence-electron chi connectivity index (χ1n) is 7.69. The number of rotatable bonds is 5. The molecule has 1 aromatic heterocycles. The summed E-state index contributed by atoms with van der Waals surface area (Å²) in [4.78, 5) is 23.7. The Morgan fingerprint density at radius 1 is 1.22 bits per heavy atom. The van der Waals surface area contributed by atoms with Crippen molar-refractivity contribution in [1.82, 2.24) is 9.78 Å². The molecule has 0 unspecified atom stereocenters. The molecule has 138 valence electrons. The SMILES string of the molecule is CS(=O)(=O)c1cc(Br)cc(NC(=O)c2cnn(-c3ccccc3C=O)c2)c1. The van der Waals surface area contributed by atoms with E-state index in [0.29, 0.717) is 27.7 Å². The van der Waals surface area contributed by atoms with Crippen LogP contribution in [0, 0.1) is 0 Å². The molecule has 2 aromatic carbocycles. The van der Waals surface area contributed by atoms with Crippen molar-refractivity contribution in [3.05, 3.63) is 70.5 Å². The van der Waals surface area contributed by atoms with Gasteiger partial charge in [-0.05, 0) is 30.3 Å². The molecule has 0 radical (unpaired) electrons. The first kappa shape index (κ1) is 19.0. The van der Waals surface area contributed by atoms with Crippen molar-refractivity contribution in [2.75, 3.05) is 11.6 Å². The van der Waals surface area contributed by atoms with E-state index in [4.69, 9.17) is 0 Å². The number of benzene rings is 2. The van der Waals surface area contributed by atoms with Crippen LogP contribution in [0.25, 0.3) is 5.69 Å². The summed E-state index contributed by atoms with van der Waals surface area (Å²) >= 11 is 3.24. The van der Waals surface area contributed by atoms with Crippen molar-refractivity contribution in [2.45, 2.75) is 4.90 Å². The molecule has 1 heterocycles. The molecule has 3 aromatic rings. The minimum Gasteiger partial charge on any atom is -0.322 e. The van der Waals surface area contributed by atoms with Crippen molar-refractivity contribution < 1.29 is 18.0 Å². The van der Waals surface area contributed by atoms with Crippen molar-refractivity contribution in [1.29, 1.82) is 0 Å². The average Bonchev–Trinajstić information content (AvgIpc) is 3.10. The number of hydrogen-bond donors (Lipinski definition) is 1. The number of hydrogen-bond acceptors (Lipinski definition) is 5. The van der Waals surface area contributed by atoms with Gasteiger partial charge < -0.3 is 5.32 Å². The number of para-hydroxylation sites is 1. The fourth-order valence-electron chi connectivity index (χ4n) is 2.42. The van der Waals surface area contributed by atoms with Gasteiger partial charge in [0.05, 0.1) is 22.3 Å². The summed E-state index contributed by atoms with van der Waals surface area (Å²) < 4.78 is 25.4. The molecule has 0 spiro atoms. The molecule has 0 aliphatic heterocycles. The zero-order valence-corrected chi connectivity index (χ0v) is 16.5. The van der Waals surface area contributed by atoms with Gasteiger partial charge in [0, 0.05) is 28.2 Å². The highest BCUT2D eigenvalue weighted by atomic mass is 79.9. The molecule has 0 bridgehead atoms. The van der Waals surface area contributed by atoms with Gasteiger partial charge in [-0.1, -0.05) is 28.1 Å². The third kappa shape index (κ3) is 4.32. The predicted molar refractivity (Wildman–Crippen MR) is 104 cm³/mol. The van der Waals surface area contributed by atoms with Gasteiger partial charge in [-0.15, -0.1) is 0 Å². The zero-order valence-electron chi connectivity index (χ0n) is 14.1. The van der Waals surface area contributed by atoms with Gasteiger partial charge in [-0.3, -0.25) is 9.59 Å². The fourth-order valence-corrected chi connectivity index (χ4v) is 3.75. The third-order valence-corrected chi connectivity index (χ3v) is 5.26. The molecule has 0 fully saturated rings. The Morgan fingerprint density at radius 3 is 2.67 bits per heavy atom. The minimum absolute atomic E-state index is 0.0859. The van der Waals surface area contributed by atoms with E-state index < -0.39 is 15.7 Å². The predicted octanol–water partition coefficient (Wildman–Crippen LogP) is 3.10. The molecule has 0 aliphatic carbocycles. The Hall–Kier alpha value is -2.78. The molecule has 27 heavy (non-hydrogen) atoms. The molecular weight excluding hydrogens is 434 g/mol. The van der Waals surface area contributed by atoms with Crippen LogP contribution in [0.3, 0.4) is 0 Å². The number of anilines is 1. The summed E-state index contributed by atoms with van der Waals surface area (Å²) in [5.41, 5.74) is 1.58. The van der Waals surface area contributed by atoms with Crippen molar-refractivity contribution in [3.8, 4) is 5.69 Å². The summed E-state index contributed by atoms with van der Waals surface area (Å²) in [5.74, 6) is -0.456. The monoisotopic (exact) mass is 447 g/mol. The number of carbonyl (C=O) groups is 2. The maximum atomic E-state index is 12.5. The molecule has 0 saturated heterocycles. The Morgan fingerprint density at radius 2 is 1.96 bits per heavy atom. The number of halogens is 1. The zero-order chi connectivity index (χ0) is 19.6. The number of aromatic nitrogens is 2.